The van der Waals surface area contributed by atoms with Crippen molar-refractivity contribution in [3.63, 3.8) is 0 Å². The maximum absolute atomic E-state index is 12.2. The molecule has 0 saturated heterocycles. The summed E-state index contributed by atoms with van der Waals surface area (Å²) in [6.45, 7) is 0.611. The Morgan fingerprint density at radius 1 is 1.14 bits per heavy atom. The molecule has 2 atom stereocenters. The van der Waals surface area contributed by atoms with Gasteiger partial charge in [-0.1, -0.05) is 23.9 Å². The zero-order valence-corrected chi connectivity index (χ0v) is 19.5. The van der Waals surface area contributed by atoms with Crippen molar-refractivity contribution in [3.05, 3.63) is 29.8 Å². The quantitative estimate of drug-likeness (QED) is 0.0990. The van der Waals surface area contributed by atoms with Crippen LogP contribution in [0, 0.1) is 0 Å². The molecule has 0 spiro atoms. The average molecular weight is 508 g/mol. The third-order valence-electron chi connectivity index (χ3n) is 4.04. The Kier molecular flexibility index (Phi) is 12.5. The van der Waals surface area contributed by atoms with Gasteiger partial charge in [0.05, 0.1) is 24.7 Å². The van der Waals surface area contributed by atoms with Gasteiger partial charge in [0.15, 0.2) is 5.17 Å². The van der Waals surface area contributed by atoms with Gasteiger partial charge in [0.1, 0.15) is 6.04 Å². The largest absolute Gasteiger partial charge is 0.548 e. The van der Waals surface area contributed by atoms with Crippen LogP contribution in [-0.2, 0) is 24.0 Å². The average Bonchev–Trinajstić information content (AvgIpc) is 2.79. The fourth-order valence-electron chi connectivity index (χ4n) is 2.34. The summed E-state index contributed by atoms with van der Waals surface area (Å²) >= 11 is 0.862. The molecule has 0 aliphatic rings. The minimum atomic E-state index is -1.53. The highest BCUT2D eigenvalue weighted by Gasteiger charge is 2.21. The lowest BCUT2D eigenvalue weighted by atomic mass is 10.1. The number of nitrogens with two attached hydrogens (primary N) is 2. The lowest BCUT2D eigenvalue weighted by molar-refractivity contribution is -0.308. The van der Waals surface area contributed by atoms with Crippen molar-refractivity contribution in [2.45, 2.75) is 31.8 Å². The van der Waals surface area contributed by atoms with E-state index in [1.165, 1.54) is 13.1 Å². The molecule has 0 aliphatic carbocycles. The molecular formula is C20H25N7O7S-2. The van der Waals surface area contributed by atoms with Gasteiger partial charge in [-0.3, -0.25) is 14.4 Å². The van der Waals surface area contributed by atoms with Gasteiger partial charge >= 0.3 is 0 Å². The number of amides is 3. The number of nitrogens with one attached hydrogen (secondary N) is 3. The molecule has 1 aromatic rings. The molecule has 0 saturated carbocycles. The number of amidine groups is 1. The van der Waals surface area contributed by atoms with Crippen molar-refractivity contribution in [3.8, 4) is 0 Å². The van der Waals surface area contributed by atoms with Crippen LogP contribution in [0.25, 0.3) is 0 Å². The molecule has 0 heterocycles. The molecule has 14 nitrogen and oxygen atoms in total. The minimum absolute atomic E-state index is 0.0537. The lowest BCUT2D eigenvalue weighted by Crippen LogP contribution is -2.51. The second-order valence-corrected chi connectivity index (χ2v) is 8.01. The first-order valence-electron chi connectivity index (χ1n) is 10.1. The molecule has 0 unspecified atom stereocenters. The Balaban J connectivity index is 2.71. The van der Waals surface area contributed by atoms with Crippen LogP contribution in [-0.4, -0.2) is 65.4 Å². The van der Waals surface area contributed by atoms with Gasteiger partial charge in [-0.15, -0.1) is 5.10 Å². The van der Waals surface area contributed by atoms with E-state index in [9.17, 15) is 34.2 Å². The van der Waals surface area contributed by atoms with Crippen LogP contribution in [0.15, 0.2) is 34.5 Å². The highest BCUT2D eigenvalue weighted by molar-refractivity contribution is 8.13. The van der Waals surface area contributed by atoms with Crippen LogP contribution in [0.3, 0.4) is 0 Å². The fraction of sp³-hybridized carbons (Fsp3) is 0.350. The monoisotopic (exact) mass is 507 g/mol. The van der Waals surface area contributed by atoms with E-state index in [1.54, 1.807) is 24.3 Å². The number of hydrogen-bond donors (Lipinski definition) is 5. The topological polar surface area (TPSA) is 244 Å². The van der Waals surface area contributed by atoms with E-state index < -0.39 is 42.4 Å². The van der Waals surface area contributed by atoms with Gasteiger partial charge in [-0.25, -0.2) is 0 Å². The first kappa shape index (κ1) is 29.1. The normalized spacial score (nSPS) is 13.0. The van der Waals surface area contributed by atoms with Crippen molar-refractivity contribution in [2.75, 3.05) is 17.6 Å². The molecule has 15 heteroatoms. The molecule has 1 aromatic carbocycles. The van der Waals surface area contributed by atoms with Gasteiger partial charge in [-0.05, 0) is 24.1 Å². The van der Waals surface area contributed by atoms with Crippen molar-refractivity contribution in [2.24, 2.45) is 21.7 Å². The standard InChI is InChI=1S/C20H27N7O7S/c1-11(28)25-13-4-2-12(3-5-13)8-24-27-20(22)35-10-15(18(32)23-9-17(30)31)26-16(29)7-6-14(21)19(33)34/h2-5,8,14-15H,6-7,9-10,21H2,1H3,(H2,22,27)(H,23,32)(H,25,28)(H,26,29)(H,30,31)(H,33,34)/p-2/b24-8+/t14-,15-/m0/s1. The van der Waals surface area contributed by atoms with E-state index in [-0.39, 0.29) is 29.7 Å². The number of anilines is 1. The van der Waals surface area contributed by atoms with Gasteiger partial charge in [0.2, 0.25) is 17.7 Å². The Bertz CT molecular complexity index is 983. The summed E-state index contributed by atoms with van der Waals surface area (Å²) in [7, 11) is 0. The number of hydrogen-bond acceptors (Lipinski definition) is 11. The smallest absolute Gasteiger partial charge is 0.243 e. The van der Waals surface area contributed by atoms with Crippen LogP contribution < -0.4 is 37.6 Å². The third kappa shape index (κ3) is 12.7. The second kappa shape index (κ2) is 15.0. The molecule has 3 amide bonds. The molecule has 0 aliphatic heterocycles. The Morgan fingerprint density at radius 3 is 2.37 bits per heavy atom. The summed E-state index contributed by atoms with van der Waals surface area (Å²) in [4.78, 5) is 56.6. The second-order valence-electron chi connectivity index (χ2n) is 6.97. The summed E-state index contributed by atoms with van der Waals surface area (Å²) in [5.41, 5.74) is 12.3. The number of rotatable bonds is 13. The van der Waals surface area contributed by atoms with Crippen LogP contribution in [0.4, 0.5) is 5.69 Å². The summed E-state index contributed by atoms with van der Waals surface area (Å²) in [6, 6.07) is 4.14. The van der Waals surface area contributed by atoms with E-state index in [2.05, 4.69) is 26.2 Å². The van der Waals surface area contributed by atoms with Crippen molar-refractivity contribution < 1.29 is 34.2 Å². The number of aliphatic carboxylic acids is 2. The first-order chi connectivity index (χ1) is 16.5. The number of carboxylic acids is 2. The zero-order valence-electron chi connectivity index (χ0n) is 18.7. The van der Waals surface area contributed by atoms with E-state index in [1.807, 2.05) is 0 Å². The lowest BCUT2D eigenvalue weighted by Gasteiger charge is -2.19. The molecule has 1 rings (SSSR count). The maximum Gasteiger partial charge on any atom is 0.243 e. The molecule has 0 bridgehead atoms. The number of carboxylic acid groups (broad SMARTS) is 2. The predicted molar refractivity (Wildman–Crippen MR) is 125 cm³/mol. The van der Waals surface area contributed by atoms with Gasteiger partial charge < -0.3 is 47.2 Å². The summed E-state index contributed by atoms with van der Waals surface area (Å²) < 4.78 is 0. The molecular weight excluding hydrogens is 482 g/mol. The summed E-state index contributed by atoms with van der Waals surface area (Å²) in [6.07, 6.45) is 0.870. The van der Waals surface area contributed by atoms with Gasteiger partial charge in [0.25, 0.3) is 0 Å². The summed E-state index contributed by atoms with van der Waals surface area (Å²) in [5, 5.41) is 35.8. The number of carbonyl (C=O) groups is 5. The van der Waals surface area contributed by atoms with Crippen molar-refractivity contribution >= 4 is 58.5 Å². The fourth-order valence-corrected chi connectivity index (χ4v) is 3.02. The van der Waals surface area contributed by atoms with E-state index in [0.29, 0.717) is 11.3 Å². The molecule has 7 N–H and O–H groups in total. The maximum atomic E-state index is 12.2. The van der Waals surface area contributed by atoms with Gasteiger partial charge in [-0.2, -0.15) is 5.10 Å². The predicted octanol–water partition coefficient (Wildman–Crippen LogP) is -3.76. The third-order valence-corrected chi connectivity index (χ3v) is 4.91. The Hall–Kier alpha value is -3.98. The van der Waals surface area contributed by atoms with Crippen LogP contribution >= 0.6 is 11.8 Å². The van der Waals surface area contributed by atoms with E-state index >= 15 is 0 Å². The van der Waals surface area contributed by atoms with Crippen molar-refractivity contribution in [1.29, 1.82) is 0 Å². The highest BCUT2D eigenvalue weighted by Crippen LogP contribution is 2.09. The first-order valence-corrected chi connectivity index (χ1v) is 11.1. The highest BCUT2D eigenvalue weighted by atomic mass is 32.2. The molecule has 35 heavy (non-hydrogen) atoms. The Labute approximate surface area is 204 Å². The van der Waals surface area contributed by atoms with E-state index in [4.69, 9.17) is 11.5 Å². The molecule has 190 valence electrons. The Morgan fingerprint density at radius 2 is 1.80 bits per heavy atom. The minimum Gasteiger partial charge on any atom is -0.548 e. The molecule has 0 fully saturated rings. The van der Waals surface area contributed by atoms with Gasteiger partial charge in [0, 0.05) is 30.8 Å². The number of thioether (sulfide) groups is 1. The van der Waals surface area contributed by atoms with E-state index in [0.717, 1.165) is 11.8 Å². The van der Waals surface area contributed by atoms with Crippen LogP contribution in [0.2, 0.25) is 0 Å². The molecule has 0 aromatic heterocycles. The summed E-state index contributed by atoms with van der Waals surface area (Å²) in [5.74, 6) is -4.90. The van der Waals surface area contributed by atoms with Crippen LogP contribution in [0.1, 0.15) is 25.3 Å². The van der Waals surface area contributed by atoms with Crippen molar-refractivity contribution in [1.82, 2.24) is 10.6 Å². The van der Waals surface area contributed by atoms with Crippen LogP contribution in [0.5, 0.6) is 0 Å². The number of benzene rings is 1. The zero-order chi connectivity index (χ0) is 26.4. The SMILES string of the molecule is CC(=O)Nc1ccc(/C=N/N=C(/N)SC[C@H](NC(=O)CC[C@H](N)C(=O)[O-])C(=O)NCC(=O)[O-])cc1. The number of nitrogens with zero attached hydrogens (tertiary/aromatic N) is 2. The molecule has 0 radical (unpaired) electrons. The number of carbonyl (C=O) groups excluding carboxylic acids is 5.